The maximum atomic E-state index is 11.7. The van der Waals surface area contributed by atoms with Gasteiger partial charge in [-0.1, -0.05) is 0 Å². The molecule has 1 rings (SSSR count). The molecule has 0 bridgehead atoms. The largest absolute Gasteiger partial charge is 0.419 e. The Kier molecular flexibility index (Phi) is 1.61. The first-order valence-corrected chi connectivity index (χ1v) is 2.34. The molecular formula is C6HF3N. The summed E-state index contributed by atoms with van der Waals surface area (Å²) in [5.41, 5.74) is -0.994. The van der Waals surface area contributed by atoms with E-state index in [0.717, 1.165) is 6.07 Å². The van der Waals surface area contributed by atoms with Crippen LogP contribution < -0.4 is 0 Å². The molecule has 0 saturated carbocycles. The Hall–Kier alpha value is -1.06. The summed E-state index contributed by atoms with van der Waals surface area (Å²) in [7, 11) is 0. The summed E-state index contributed by atoms with van der Waals surface area (Å²) in [5.74, 6) is 0. The van der Waals surface area contributed by atoms with Crippen LogP contribution >= 0.6 is 0 Å². The molecule has 0 aliphatic heterocycles. The quantitative estimate of drug-likeness (QED) is 0.537. The van der Waals surface area contributed by atoms with Crippen molar-refractivity contribution in [2.24, 2.45) is 0 Å². The third kappa shape index (κ3) is 1.46. The van der Waals surface area contributed by atoms with Gasteiger partial charge < -0.3 is 0 Å². The highest BCUT2D eigenvalue weighted by molar-refractivity contribution is 5.08. The molecule has 1 aromatic heterocycles. The molecule has 0 unspecified atom stereocenters. The number of hydrogen-bond donors (Lipinski definition) is 0. The van der Waals surface area contributed by atoms with Crippen molar-refractivity contribution in [1.82, 2.24) is 4.98 Å². The minimum Gasteiger partial charge on any atom is -0.244 e. The second kappa shape index (κ2) is 2.28. The fraction of sp³-hybridized carbons (Fsp3) is 0.167. The Bertz CT molecular complexity index is 204. The molecular weight excluding hydrogens is 143 g/mol. The Balaban J connectivity index is 2.97. The molecule has 0 spiro atoms. The average Bonchev–Trinajstić information content (AvgIpc) is 1.88. The Labute approximate surface area is 55.5 Å². The lowest BCUT2D eigenvalue weighted by Crippen LogP contribution is -2.05. The summed E-state index contributed by atoms with van der Waals surface area (Å²) in [5, 5.41) is 0. The summed E-state index contributed by atoms with van der Waals surface area (Å²) >= 11 is 0. The molecule has 0 aliphatic rings. The molecule has 0 amide bonds. The third-order valence-corrected chi connectivity index (χ3v) is 0.797. The topological polar surface area (TPSA) is 12.9 Å². The van der Waals surface area contributed by atoms with Crippen molar-refractivity contribution < 1.29 is 13.2 Å². The van der Waals surface area contributed by atoms with Crippen LogP contribution in [0.3, 0.4) is 0 Å². The monoisotopic (exact) mass is 144 g/mol. The first kappa shape index (κ1) is 7.05. The molecule has 1 heterocycles. The van der Waals surface area contributed by atoms with E-state index in [0.29, 0.717) is 0 Å². The van der Waals surface area contributed by atoms with Gasteiger partial charge in [-0.15, -0.1) is 0 Å². The van der Waals surface area contributed by atoms with E-state index in [2.05, 4.69) is 11.2 Å². The van der Waals surface area contributed by atoms with Gasteiger partial charge in [0.05, 0.1) is 11.8 Å². The van der Waals surface area contributed by atoms with Crippen LogP contribution in [-0.2, 0) is 6.18 Å². The normalized spacial score (nSPS) is 11.5. The highest BCUT2D eigenvalue weighted by Crippen LogP contribution is 2.26. The molecule has 0 aliphatic carbocycles. The van der Waals surface area contributed by atoms with Gasteiger partial charge >= 0.3 is 6.18 Å². The van der Waals surface area contributed by atoms with E-state index >= 15 is 0 Å². The summed E-state index contributed by atoms with van der Waals surface area (Å²) < 4.78 is 35.0. The van der Waals surface area contributed by atoms with Crippen LogP contribution in [0, 0.1) is 18.5 Å². The Morgan fingerprint density at radius 3 is 2.40 bits per heavy atom. The van der Waals surface area contributed by atoms with Crippen molar-refractivity contribution in [3.8, 4) is 0 Å². The predicted molar refractivity (Wildman–Crippen MR) is 25.7 cm³/mol. The Morgan fingerprint density at radius 1 is 1.40 bits per heavy atom. The van der Waals surface area contributed by atoms with Crippen LogP contribution in [-0.4, -0.2) is 4.98 Å². The molecule has 10 heavy (non-hydrogen) atoms. The number of alkyl halides is 3. The van der Waals surface area contributed by atoms with Crippen LogP contribution in [0.2, 0.25) is 0 Å². The number of hydrogen-bond acceptors (Lipinski definition) is 1. The number of halogens is 3. The molecule has 51 valence electrons. The van der Waals surface area contributed by atoms with Crippen molar-refractivity contribution in [3.63, 3.8) is 0 Å². The molecule has 1 nitrogen and oxygen atoms in total. The third-order valence-electron chi connectivity index (χ3n) is 0.797. The maximum absolute atomic E-state index is 11.7. The minimum absolute atomic E-state index is 0.972. The van der Waals surface area contributed by atoms with Crippen molar-refractivity contribution in [3.05, 3.63) is 30.1 Å². The fourth-order valence-corrected chi connectivity index (χ4v) is 0.402. The van der Waals surface area contributed by atoms with Crippen LogP contribution in [0.25, 0.3) is 0 Å². The zero-order chi connectivity index (χ0) is 7.61. The van der Waals surface area contributed by atoms with E-state index < -0.39 is 11.7 Å². The standard InChI is InChI=1S/C6HF3N/c7-6(8,9)5-2-1-3-10-4-5/h1H. The summed E-state index contributed by atoms with van der Waals surface area (Å²) in [4.78, 5) is 3.05. The van der Waals surface area contributed by atoms with E-state index in [-0.39, 0.29) is 0 Å². The smallest absolute Gasteiger partial charge is 0.244 e. The van der Waals surface area contributed by atoms with Gasteiger partial charge in [-0.3, -0.25) is 0 Å². The van der Waals surface area contributed by atoms with Gasteiger partial charge in [0, 0.05) is 0 Å². The highest BCUT2D eigenvalue weighted by atomic mass is 19.4. The molecule has 0 saturated heterocycles. The van der Waals surface area contributed by atoms with Crippen molar-refractivity contribution in [2.75, 3.05) is 0 Å². The van der Waals surface area contributed by atoms with Gasteiger partial charge in [-0.25, -0.2) is 4.98 Å². The van der Waals surface area contributed by atoms with Crippen molar-refractivity contribution >= 4 is 0 Å². The van der Waals surface area contributed by atoms with Crippen LogP contribution in [0.5, 0.6) is 0 Å². The first-order valence-electron chi connectivity index (χ1n) is 2.34. The van der Waals surface area contributed by atoms with Crippen molar-refractivity contribution in [1.29, 1.82) is 0 Å². The van der Waals surface area contributed by atoms with Gasteiger partial charge in [0.15, 0.2) is 0 Å². The lowest BCUT2D eigenvalue weighted by molar-refractivity contribution is -0.138. The average molecular weight is 144 g/mol. The van der Waals surface area contributed by atoms with E-state index in [1.807, 2.05) is 6.07 Å². The highest BCUT2D eigenvalue weighted by Gasteiger charge is 2.30. The second-order valence-corrected chi connectivity index (χ2v) is 1.51. The molecule has 0 N–H and O–H groups in total. The molecule has 0 atom stereocenters. The fourth-order valence-electron chi connectivity index (χ4n) is 0.402. The molecule has 0 fully saturated rings. The first-order chi connectivity index (χ1) is 4.61. The second-order valence-electron chi connectivity index (χ2n) is 1.51. The van der Waals surface area contributed by atoms with E-state index in [4.69, 9.17) is 0 Å². The zero-order valence-electron chi connectivity index (χ0n) is 4.66. The lowest BCUT2D eigenvalue weighted by Gasteiger charge is -2.01. The number of aromatic nitrogens is 1. The molecule has 3 radical (unpaired) electrons. The molecule has 1 aromatic rings. The van der Waals surface area contributed by atoms with Crippen LogP contribution in [0.4, 0.5) is 13.2 Å². The van der Waals surface area contributed by atoms with E-state index in [1.54, 1.807) is 6.20 Å². The minimum atomic E-state index is -4.40. The number of nitrogens with zero attached hydrogens (tertiary/aromatic N) is 1. The SMILES string of the molecule is FC(F)(F)c1[c]c[c]n[c]1. The molecule has 0 aromatic carbocycles. The van der Waals surface area contributed by atoms with Gasteiger partial charge in [-0.2, -0.15) is 13.2 Å². The molecule has 4 heteroatoms. The lowest BCUT2D eigenvalue weighted by atomic mass is 10.3. The number of rotatable bonds is 0. The van der Waals surface area contributed by atoms with Crippen molar-refractivity contribution in [2.45, 2.75) is 6.18 Å². The Morgan fingerprint density at radius 2 is 2.10 bits per heavy atom. The zero-order valence-corrected chi connectivity index (χ0v) is 4.66. The van der Waals surface area contributed by atoms with Gasteiger partial charge in [-0.05, 0) is 12.1 Å². The van der Waals surface area contributed by atoms with E-state index in [9.17, 15) is 13.2 Å². The van der Waals surface area contributed by atoms with Gasteiger partial charge in [0.1, 0.15) is 6.20 Å². The van der Waals surface area contributed by atoms with Crippen LogP contribution in [0.1, 0.15) is 5.56 Å². The van der Waals surface area contributed by atoms with E-state index in [1.165, 1.54) is 0 Å². The van der Waals surface area contributed by atoms with Crippen LogP contribution in [0.15, 0.2) is 6.07 Å². The predicted octanol–water partition coefficient (Wildman–Crippen LogP) is 1.50. The number of pyridine rings is 1. The van der Waals surface area contributed by atoms with Gasteiger partial charge in [0.25, 0.3) is 0 Å². The summed E-state index contributed by atoms with van der Waals surface area (Å²) in [6, 6.07) is 2.88. The summed E-state index contributed by atoms with van der Waals surface area (Å²) in [6.45, 7) is 0. The summed E-state index contributed by atoms with van der Waals surface area (Å²) in [6.07, 6.45) is -0.535. The van der Waals surface area contributed by atoms with Gasteiger partial charge in [0.2, 0.25) is 0 Å². The maximum Gasteiger partial charge on any atom is 0.419 e.